The van der Waals surface area contributed by atoms with E-state index in [9.17, 15) is 9.59 Å². The number of benzene rings is 4. The molecule has 0 radical (unpaired) electrons. The van der Waals surface area contributed by atoms with Crippen molar-refractivity contribution >= 4 is 35.7 Å². The number of rotatable bonds is 23. The first kappa shape index (κ1) is 39.9. The summed E-state index contributed by atoms with van der Waals surface area (Å²) in [6, 6.07) is 30.9. The molecule has 0 spiro atoms. The van der Waals surface area contributed by atoms with Crippen molar-refractivity contribution in [2.75, 3.05) is 13.2 Å². The first-order valence-electron chi connectivity index (χ1n) is 19.3. The van der Waals surface area contributed by atoms with Gasteiger partial charge in [0.1, 0.15) is 13.2 Å². The molecule has 0 bridgehead atoms. The summed E-state index contributed by atoms with van der Waals surface area (Å²) < 4.78 is 10.6. The Morgan fingerprint density at radius 3 is 1.17 bits per heavy atom. The summed E-state index contributed by atoms with van der Waals surface area (Å²) in [4.78, 5) is 34.2. The highest BCUT2D eigenvalue weighted by Gasteiger charge is 2.10. The molecule has 0 unspecified atom stereocenters. The van der Waals surface area contributed by atoms with E-state index in [0.29, 0.717) is 11.1 Å². The first-order chi connectivity index (χ1) is 25.5. The number of nitrogens with zero attached hydrogens (tertiary/aromatic N) is 2. The quantitative estimate of drug-likeness (QED) is 0.0438. The van der Waals surface area contributed by atoms with Gasteiger partial charge in [0.15, 0.2) is 0 Å². The average Bonchev–Trinajstić information content (AvgIpc) is 3.18. The molecule has 0 saturated heterocycles. The highest BCUT2D eigenvalue weighted by molar-refractivity contribution is 5.92. The van der Waals surface area contributed by atoms with Crippen molar-refractivity contribution in [3.63, 3.8) is 0 Å². The number of hydrogen-bond acceptors (Lipinski definition) is 6. The Hall–Kier alpha value is -4.84. The smallest absolute Gasteiger partial charge is 0.338 e. The Bertz CT molecular complexity index is 1530. The zero-order chi connectivity index (χ0) is 36.6. The van der Waals surface area contributed by atoms with Crippen LogP contribution in [0.4, 0.5) is 11.4 Å². The Labute approximate surface area is 311 Å². The Morgan fingerprint density at radius 2 is 0.808 bits per heavy atom. The van der Waals surface area contributed by atoms with Crippen molar-refractivity contribution in [1.29, 1.82) is 0 Å². The van der Waals surface area contributed by atoms with Crippen molar-refractivity contribution in [1.82, 2.24) is 0 Å². The number of aliphatic imine (C=N–C) groups is 2. The van der Waals surface area contributed by atoms with Gasteiger partial charge in [-0.25, -0.2) is 9.59 Å². The molecule has 6 heteroatoms. The number of unbranched alkanes of at least 4 members (excludes halogenated alkanes) is 10. The second-order valence-electron chi connectivity index (χ2n) is 13.4. The summed E-state index contributed by atoms with van der Waals surface area (Å²) in [6.07, 6.45) is 21.4. The van der Waals surface area contributed by atoms with Gasteiger partial charge in [-0.2, -0.15) is 0 Å². The molecule has 0 aliphatic carbocycles. The van der Waals surface area contributed by atoms with Crippen LogP contribution in [-0.2, 0) is 22.3 Å². The van der Waals surface area contributed by atoms with E-state index in [4.69, 9.17) is 9.47 Å². The van der Waals surface area contributed by atoms with E-state index >= 15 is 0 Å². The highest BCUT2D eigenvalue weighted by Crippen LogP contribution is 2.18. The molecule has 0 N–H and O–H groups in total. The van der Waals surface area contributed by atoms with Crippen LogP contribution < -0.4 is 0 Å². The van der Waals surface area contributed by atoms with Gasteiger partial charge in [0.05, 0.1) is 22.5 Å². The van der Waals surface area contributed by atoms with Gasteiger partial charge in [-0.3, -0.25) is 9.98 Å². The van der Waals surface area contributed by atoms with Crippen LogP contribution in [0.3, 0.4) is 0 Å². The van der Waals surface area contributed by atoms with Crippen LogP contribution in [0, 0.1) is 0 Å². The summed E-state index contributed by atoms with van der Waals surface area (Å²) in [5, 5.41) is 0. The fraction of sp³-hybridized carbons (Fsp3) is 0.391. The molecule has 52 heavy (non-hydrogen) atoms. The van der Waals surface area contributed by atoms with Gasteiger partial charge in [-0.15, -0.1) is 0 Å². The molecule has 0 aliphatic heterocycles. The van der Waals surface area contributed by atoms with Gasteiger partial charge in [0.25, 0.3) is 0 Å². The SMILES string of the molecule is CCCCCCCCc1ccc(N=Cc2ccc(C(=O)OCCOC(=O)c3ccc(C=Nc4ccc(CCCCCCCC)cc4)cc3)cc2)cc1. The fourth-order valence-electron chi connectivity index (χ4n) is 5.86. The maximum absolute atomic E-state index is 12.5. The molecule has 274 valence electrons. The first-order valence-corrected chi connectivity index (χ1v) is 19.3. The Morgan fingerprint density at radius 1 is 0.462 bits per heavy atom. The molecular formula is C46H56N2O4. The second kappa shape index (κ2) is 23.6. The van der Waals surface area contributed by atoms with Crippen molar-refractivity contribution in [2.45, 2.75) is 104 Å². The molecule has 0 saturated carbocycles. The van der Waals surface area contributed by atoms with E-state index in [0.717, 1.165) is 35.3 Å². The third-order valence-electron chi connectivity index (χ3n) is 9.08. The van der Waals surface area contributed by atoms with E-state index in [1.807, 2.05) is 48.5 Å². The van der Waals surface area contributed by atoms with Crippen LogP contribution in [0.5, 0.6) is 0 Å². The zero-order valence-electron chi connectivity index (χ0n) is 31.2. The van der Waals surface area contributed by atoms with Crippen molar-refractivity contribution in [3.05, 3.63) is 130 Å². The lowest BCUT2D eigenvalue weighted by atomic mass is 10.0. The molecule has 4 aromatic rings. The number of carbonyl (C=O) groups is 2. The Balaban J connectivity index is 1.11. The summed E-state index contributed by atoms with van der Waals surface area (Å²) in [5.74, 6) is -0.951. The fourth-order valence-corrected chi connectivity index (χ4v) is 5.86. The van der Waals surface area contributed by atoms with E-state index in [-0.39, 0.29) is 13.2 Å². The van der Waals surface area contributed by atoms with Gasteiger partial charge >= 0.3 is 11.9 Å². The van der Waals surface area contributed by atoms with Crippen LogP contribution in [0.1, 0.15) is 134 Å². The maximum Gasteiger partial charge on any atom is 0.338 e. The largest absolute Gasteiger partial charge is 0.458 e. The lowest BCUT2D eigenvalue weighted by Gasteiger charge is -2.07. The molecule has 6 nitrogen and oxygen atoms in total. The molecular weight excluding hydrogens is 645 g/mol. The van der Waals surface area contributed by atoms with E-state index in [1.54, 1.807) is 36.7 Å². The molecule has 0 amide bonds. The van der Waals surface area contributed by atoms with E-state index in [2.05, 4.69) is 48.1 Å². The predicted octanol–water partition coefficient (Wildman–Crippen LogP) is 12.0. The standard InChI is InChI=1S/C46H56N2O4/c1-3-5-7-9-11-13-15-37-21-29-43(30-22-37)47-35-39-17-25-41(26-18-39)45(49)51-33-34-52-46(50)42-27-19-40(20-28-42)36-48-44-31-23-38(24-32-44)16-14-12-10-8-6-4-2/h17-32,35-36H,3-16,33-34H2,1-2H3. The van der Waals surface area contributed by atoms with Crippen molar-refractivity contribution in [2.24, 2.45) is 9.98 Å². The summed E-state index contributed by atoms with van der Waals surface area (Å²) in [6.45, 7) is 4.42. The predicted molar refractivity (Wildman–Crippen MR) is 215 cm³/mol. The molecule has 0 heterocycles. The van der Waals surface area contributed by atoms with Crippen LogP contribution >= 0.6 is 0 Å². The number of esters is 2. The van der Waals surface area contributed by atoms with Crippen LogP contribution in [-0.4, -0.2) is 37.6 Å². The van der Waals surface area contributed by atoms with Gasteiger partial charge in [-0.1, -0.05) is 127 Å². The van der Waals surface area contributed by atoms with Gasteiger partial charge in [0, 0.05) is 12.4 Å². The molecule has 0 atom stereocenters. The van der Waals surface area contributed by atoms with Crippen LogP contribution in [0.15, 0.2) is 107 Å². The molecule has 0 aromatic heterocycles. The van der Waals surface area contributed by atoms with E-state index in [1.165, 1.54) is 88.2 Å². The highest BCUT2D eigenvalue weighted by atomic mass is 16.6. The molecule has 4 aromatic carbocycles. The zero-order valence-corrected chi connectivity index (χ0v) is 31.2. The second-order valence-corrected chi connectivity index (χ2v) is 13.4. The van der Waals surface area contributed by atoms with Crippen molar-refractivity contribution < 1.29 is 19.1 Å². The number of aryl methyl sites for hydroxylation is 2. The van der Waals surface area contributed by atoms with Crippen LogP contribution in [0.25, 0.3) is 0 Å². The number of hydrogen-bond donors (Lipinski definition) is 0. The minimum Gasteiger partial charge on any atom is -0.458 e. The normalized spacial score (nSPS) is 11.3. The van der Waals surface area contributed by atoms with Crippen molar-refractivity contribution in [3.8, 4) is 0 Å². The summed E-state index contributed by atoms with van der Waals surface area (Å²) >= 11 is 0. The van der Waals surface area contributed by atoms with Gasteiger partial charge in [-0.05, 0) is 96.5 Å². The Kier molecular flexibility index (Phi) is 18.1. The number of carbonyl (C=O) groups excluding carboxylic acids is 2. The minimum absolute atomic E-state index is 0.0366. The lowest BCUT2D eigenvalue weighted by Crippen LogP contribution is -2.14. The van der Waals surface area contributed by atoms with Crippen LogP contribution in [0.2, 0.25) is 0 Å². The number of ether oxygens (including phenoxy) is 2. The van der Waals surface area contributed by atoms with Gasteiger partial charge in [0.2, 0.25) is 0 Å². The topological polar surface area (TPSA) is 77.3 Å². The van der Waals surface area contributed by atoms with Gasteiger partial charge < -0.3 is 9.47 Å². The molecule has 0 aliphatic rings. The molecule has 4 rings (SSSR count). The summed E-state index contributed by atoms with van der Waals surface area (Å²) in [5.41, 5.74) is 7.08. The summed E-state index contributed by atoms with van der Waals surface area (Å²) in [7, 11) is 0. The monoisotopic (exact) mass is 700 g/mol. The van der Waals surface area contributed by atoms with E-state index < -0.39 is 11.9 Å². The third-order valence-corrected chi connectivity index (χ3v) is 9.08. The maximum atomic E-state index is 12.5. The minimum atomic E-state index is -0.475. The lowest BCUT2D eigenvalue weighted by molar-refractivity contribution is 0.0265. The molecule has 0 fully saturated rings. The third kappa shape index (κ3) is 15.2. The average molecular weight is 701 g/mol.